The average Bonchev–Trinajstić information content (AvgIpc) is 3.02. The first-order valence-corrected chi connectivity index (χ1v) is 5.89. The van der Waals surface area contributed by atoms with Crippen molar-refractivity contribution in [3.63, 3.8) is 0 Å². The van der Waals surface area contributed by atoms with Gasteiger partial charge in [-0.25, -0.2) is 0 Å². The number of nitrogens with zero attached hydrogens (tertiary/aromatic N) is 2. The fourth-order valence-electron chi connectivity index (χ4n) is 1.91. The SMILES string of the molecule is Cl.O=C(c1cccc(-c2cccnc2)c1)c1ccn[nH]1. The van der Waals surface area contributed by atoms with E-state index >= 15 is 0 Å². The maximum atomic E-state index is 12.2. The third-order valence-corrected chi connectivity index (χ3v) is 2.86. The van der Waals surface area contributed by atoms with E-state index in [1.807, 2.05) is 30.3 Å². The number of halogens is 1. The molecule has 1 aromatic carbocycles. The van der Waals surface area contributed by atoms with E-state index in [1.54, 1.807) is 30.7 Å². The van der Waals surface area contributed by atoms with E-state index in [0.29, 0.717) is 11.3 Å². The largest absolute Gasteiger partial charge is 0.287 e. The lowest BCUT2D eigenvalue weighted by Gasteiger charge is -2.03. The summed E-state index contributed by atoms with van der Waals surface area (Å²) in [6.45, 7) is 0. The zero-order valence-corrected chi connectivity index (χ0v) is 11.3. The molecular formula is C15H12ClN3O. The van der Waals surface area contributed by atoms with Crippen molar-refractivity contribution >= 4 is 18.2 Å². The Balaban J connectivity index is 0.00000147. The van der Waals surface area contributed by atoms with E-state index in [2.05, 4.69) is 15.2 Å². The van der Waals surface area contributed by atoms with Crippen molar-refractivity contribution in [1.82, 2.24) is 15.2 Å². The summed E-state index contributed by atoms with van der Waals surface area (Å²) in [5, 5.41) is 6.48. The molecule has 0 radical (unpaired) electrons. The van der Waals surface area contributed by atoms with Gasteiger partial charge in [0, 0.05) is 29.7 Å². The quantitative estimate of drug-likeness (QED) is 0.752. The number of carbonyl (C=O) groups excluding carboxylic acids is 1. The van der Waals surface area contributed by atoms with Gasteiger partial charge in [-0.3, -0.25) is 14.9 Å². The molecule has 0 atom stereocenters. The standard InChI is InChI=1S/C15H11N3O.ClH/c19-15(14-6-8-17-18-14)12-4-1-3-11(9-12)13-5-2-7-16-10-13;/h1-10H,(H,17,18);1H. The van der Waals surface area contributed by atoms with E-state index in [-0.39, 0.29) is 18.2 Å². The molecule has 100 valence electrons. The second kappa shape index (κ2) is 6.12. The molecular weight excluding hydrogens is 274 g/mol. The highest BCUT2D eigenvalue weighted by atomic mass is 35.5. The summed E-state index contributed by atoms with van der Waals surface area (Å²) in [5.41, 5.74) is 3.08. The minimum Gasteiger partial charge on any atom is -0.287 e. The van der Waals surface area contributed by atoms with Crippen LogP contribution in [0.3, 0.4) is 0 Å². The van der Waals surface area contributed by atoms with Crippen LogP contribution in [0.5, 0.6) is 0 Å². The minimum atomic E-state index is -0.0664. The Labute approximate surface area is 122 Å². The van der Waals surface area contributed by atoms with Crippen molar-refractivity contribution in [3.05, 3.63) is 72.3 Å². The topological polar surface area (TPSA) is 58.6 Å². The van der Waals surface area contributed by atoms with Crippen LogP contribution in [0.15, 0.2) is 61.1 Å². The number of carbonyl (C=O) groups is 1. The van der Waals surface area contributed by atoms with Crippen LogP contribution in [0.25, 0.3) is 11.1 Å². The minimum absolute atomic E-state index is 0. The van der Waals surface area contributed by atoms with Crippen molar-refractivity contribution < 1.29 is 4.79 Å². The number of ketones is 1. The first-order chi connectivity index (χ1) is 9.34. The van der Waals surface area contributed by atoms with E-state index in [4.69, 9.17) is 0 Å². The average molecular weight is 286 g/mol. The summed E-state index contributed by atoms with van der Waals surface area (Å²) in [4.78, 5) is 16.3. The molecule has 0 bridgehead atoms. The predicted molar refractivity (Wildman–Crippen MR) is 78.9 cm³/mol. The van der Waals surface area contributed by atoms with Gasteiger partial charge in [0.15, 0.2) is 0 Å². The third-order valence-electron chi connectivity index (χ3n) is 2.86. The molecule has 4 nitrogen and oxygen atoms in total. The molecule has 20 heavy (non-hydrogen) atoms. The monoisotopic (exact) mass is 285 g/mol. The van der Waals surface area contributed by atoms with Gasteiger partial charge in [0.2, 0.25) is 5.78 Å². The summed E-state index contributed by atoms with van der Waals surface area (Å²) in [5.74, 6) is -0.0664. The van der Waals surface area contributed by atoms with Gasteiger partial charge in [-0.15, -0.1) is 12.4 Å². The molecule has 1 N–H and O–H groups in total. The Morgan fingerprint density at radius 2 is 1.85 bits per heavy atom. The Hall–Kier alpha value is -2.46. The molecule has 0 amide bonds. The van der Waals surface area contributed by atoms with Gasteiger partial charge in [-0.1, -0.05) is 24.3 Å². The van der Waals surface area contributed by atoms with Crippen LogP contribution in [-0.2, 0) is 0 Å². The molecule has 0 saturated carbocycles. The van der Waals surface area contributed by atoms with Gasteiger partial charge in [-0.2, -0.15) is 5.10 Å². The molecule has 5 heteroatoms. The second-order valence-corrected chi connectivity index (χ2v) is 4.12. The molecule has 0 unspecified atom stereocenters. The number of hydrogen-bond donors (Lipinski definition) is 1. The van der Waals surface area contributed by atoms with Crippen molar-refractivity contribution in [3.8, 4) is 11.1 Å². The van der Waals surface area contributed by atoms with Crippen LogP contribution < -0.4 is 0 Å². The van der Waals surface area contributed by atoms with Crippen LogP contribution in [-0.4, -0.2) is 21.0 Å². The molecule has 0 aliphatic rings. The van der Waals surface area contributed by atoms with Gasteiger partial charge in [0.1, 0.15) is 5.69 Å². The molecule has 2 aromatic heterocycles. The number of nitrogens with one attached hydrogen (secondary N) is 1. The van der Waals surface area contributed by atoms with E-state index in [9.17, 15) is 4.79 Å². The molecule has 3 rings (SSSR count). The number of aromatic nitrogens is 3. The summed E-state index contributed by atoms with van der Waals surface area (Å²) >= 11 is 0. The molecule has 0 spiro atoms. The summed E-state index contributed by atoms with van der Waals surface area (Å²) in [6.07, 6.45) is 5.07. The molecule has 2 heterocycles. The first-order valence-electron chi connectivity index (χ1n) is 5.89. The maximum absolute atomic E-state index is 12.2. The van der Waals surface area contributed by atoms with Gasteiger partial charge < -0.3 is 0 Å². The van der Waals surface area contributed by atoms with Crippen LogP contribution in [0, 0.1) is 0 Å². The van der Waals surface area contributed by atoms with Gasteiger partial charge >= 0.3 is 0 Å². The van der Waals surface area contributed by atoms with Crippen molar-refractivity contribution in [2.45, 2.75) is 0 Å². The number of rotatable bonds is 3. The Bertz CT molecular complexity index is 696. The number of pyridine rings is 1. The smallest absolute Gasteiger partial charge is 0.210 e. The number of H-pyrrole nitrogens is 1. The van der Waals surface area contributed by atoms with Crippen LogP contribution in [0.2, 0.25) is 0 Å². The highest BCUT2D eigenvalue weighted by Gasteiger charge is 2.10. The predicted octanol–water partition coefficient (Wildman–Crippen LogP) is 3.12. The number of benzene rings is 1. The first kappa shape index (κ1) is 14.0. The van der Waals surface area contributed by atoms with Crippen LogP contribution in [0.4, 0.5) is 0 Å². The zero-order chi connectivity index (χ0) is 13.1. The zero-order valence-electron chi connectivity index (χ0n) is 10.5. The van der Waals surface area contributed by atoms with Gasteiger partial charge in [-0.05, 0) is 23.8 Å². The van der Waals surface area contributed by atoms with E-state index < -0.39 is 0 Å². The Kier molecular flexibility index (Phi) is 4.27. The lowest BCUT2D eigenvalue weighted by molar-refractivity contribution is 0.103. The highest BCUT2D eigenvalue weighted by molar-refractivity contribution is 6.08. The molecule has 0 fully saturated rings. The molecule has 0 saturated heterocycles. The van der Waals surface area contributed by atoms with Gasteiger partial charge in [0.05, 0.1) is 0 Å². The fourth-order valence-corrected chi connectivity index (χ4v) is 1.91. The lowest BCUT2D eigenvalue weighted by Crippen LogP contribution is -2.01. The lowest BCUT2D eigenvalue weighted by atomic mass is 10.0. The molecule has 3 aromatic rings. The van der Waals surface area contributed by atoms with Gasteiger partial charge in [0.25, 0.3) is 0 Å². The molecule has 0 aliphatic heterocycles. The number of aromatic amines is 1. The van der Waals surface area contributed by atoms with E-state index in [1.165, 1.54) is 0 Å². The normalized spacial score (nSPS) is 9.80. The maximum Gasteiger partial charge on any atom is 0.210 e. The van der Waals surface area contributed by atoms with Crippen molar-refractivity contribution in [2.24, 2.45) is 0 Å². The summed E-state index contributed by atoms with van der Waals surface area (Å²) in [6, 6.07) is 13.0. The molecule has 0 aliphatic carbocycles. The van der Waals surface area contributed by atoms with Crippen molar-refractivity contribution in [1.29, 1.82) is 0 Å². The highest BCUT2D eigenvalue weighted by Crippen LogP contribution is 2.20. The summed E-state index contributed by atoms with van der Waals surface area (Å²) < 4.78 is 0. The second-order valence-electron chi connectivity index (χ2n) is 4.12. The summed E-state index contributed by atoms with van der Waals surface area (Å²) in [7, 11) is 0. The number of hydrogen-bond acceptors (Lipinski definition) is 3. The Morgan fingerprint density at radius 3 is 2.55 bits per heavy atom. The fraction of sp³-hybridized carbons (Fsp3) is 0. The van der Waals surface area contributed by atoms with Crippen LogP contribution in [0.1, 0.15) is 16.1 Å². The third kappa shape index (κ3) is 2.75. The van der Waals surface area contributed by atoms with Crippen LogP contribution >= 0.6 is 12.4 Å². The van der Waals surface area contributed by atoms with E-state index in [0.717, 1.165) is 11.1 Å². The Morgan fingerprint density at radius 1 is 1.00 bits per heavy atom. The van der Waals surface area contributed by atoms with Crippen molar-refractivity contribution in [2.75, 3.05) is 0 Å².